The van der Waals surface area contributed by atoms with Crippen LogP contribution in [-0.4, -0.2) is 24.4 Å². The Balaban J connectivity index is 2.17. The van der Waals surface area contributed by atoms with Gasteiger partial charge < -0.3 is 0 Å². The lowest BCUT2D eigenvalue weighted by Crippen LogP contribution is -2.39. The SMILES string of the molecule is O=S(=O)(NC1CCC1)c1cnc(Cl)nc1. The van der Waals surface area contributed by atoms with E-state index in [-0.39, 0.29) is 16.2 Å². The number of hydrogen-bond acceptors (Lipinski definition) is 4. The monoisotopic (exact) mass is 247 g/mol. The van der Waals surface area contributed by atoms with Crippen LogP contribution in [0.1, 0.15) is 19.3 Å². The number of rotatable bonds is 3. The average Bonchev–Trinajstić information content (AvgIpc) is 2.13. The molecule has 0 amide bonds. The summed E-state index contributed by atoms with van der Waals surface area (Å²) >= 11 is 5.47. The maximum Gasteiger partial charge on any atom is 0.243 e. The number of nitrogens with one attached hydrogen (secondary N) is 1. The van der Waals surface area contributed by atoms with Crippen LogP contribution in [0.4, 0.5) is 0 Å². The van der Waals surface area contributed by atoms with Gasteiger partial charge in [0.2, 0.25) is 15.3 Å². The third-order valence-electron chi connectivity index (χ3n) is 2.33. The summed E-state index contributed by atoms with van der Waals surface area (Å²) in [6.07, 6.45) is 5.28. The molecule has 82 valence electrons. The highest BCUT2D eigenvalue weighted by Gasteiger charge is 2.24. The molecule has 1 heterocycles. The number of halogens is 1. The van der Waals surface area contributed by atoms with Gasteiger partial charge in [0.15, 0.2) is 0 Å². The smallest absolute Gasteiger partial charge is 0.225 e. The molecule has 0 bridgehead atoms. The quantitative estimate of drug-likeness (QED) is 0.808. The standard InChI is InChI=1S/C8H10ClN3O2S/c9-8-10-4-7(5-11-8)15(13,14)12-6-2-1-3-6/h4-6,12H,1-3H2. The number of nitrogens with zero attached hydrogens (tertiary/aromatic N) is 2. The Bertz CT molecular complexity index is 441. The molecule has 0 saturated heterocycles. The predicted octanol–water partition coefficient (Wildman–Crippen LogP) is 0.961. The second-order valence-corrected chi connectivity index (χ2v) is 5.49. The van der Waals surface area contributed by atoms with Crippen LogP contribution >= 0.6 is 11.6 Å². The van der Waals surface area contributed by atoms with Crippen molar-refractivity contribution in [2.75, 3.05) is 0 Å². The van der Waals surface area contributed by atoms with E-state index >= 15 is 0 Å². The van der Waals surface area contributed by atoms with E-state index in [2.05, 4.69) is 14.7 Å². The summed E-state index contributed by atoms with van der Waals surface area (Å²) in [7, 11) is -3.47. The van der Waals surface area contributed by atoms with Crippen molar-refractivity contribution in [2.24, 2.45) is 0 Å². The van der Waals surface area contributed by atoms with Crippen molar-refractivity contribution in [2.45, 2.75) is 30.2 Å². The molecule has 1 aliphatic carbocycles. The summed E-state index contributed by atoms with van der Waals surface area (Å²) in [5.41, 5.74) is 0. The topological polar surface area (TPSA) is 72.0 Å². The van der Waals surface area contributed by atoms with E-state index in [4.69, 9.17) is 11.6 Å². The molecule has 1 fully saturated rings. The Labute approximate surface area is 92.9 Å². The van der Waals surface area contributed by atoms with Crippen LogP contribution in [0.25, 0.3) is 0 Å². The van der Waals surface area contributed by atoms with Gasteiger partial charge in [0, 0.05) is 6.04 Å². The molecule has 0 spiro atoms. The molecule has 0 radical (unpaired) electrons. The van der Waals surface area contributed by atoms with Gasteiger partial charge in [0.1, 0.15) is 4.90 Å². The Hall–Kier alpha value is -0.720. The van der Waals surface area contributed by atoms with Gasteiger partial charge in [-0.1, -0.05) is 6.42 Å². The fourth-order valence-corrected chi connectivity index (χ4v) is 2.54. The van der Waals surface area contributed by atoms with Crippen LogP contribution in [-0.2, 0) is 10.0 Å². The molecule has 7 heteroatoms. The van der Waals surface area contributed by atoms with Crippen LogP contribution in [0.3, 0.4) is 0 Å². The van der Waals surface area contributed by atoms with Gasteiger partial charge in [0.05, 0.1) is 12.4 Å². The van der Waals surface area contributed by atoms with Crippen molar-refractivity contribution < 1.29 is 8.42 Å². The number of aromatic nitrogens is 2. The Kier molecular flexibility index (Phi) is 2.90. The molecule has 0 unspecified atom stereocenters. The summed E-state index contributed by atoms with van der Waals surface area (Å²) in [5, 5.41) is 0.0394. The van der Waals surface area contributed by atoms with Crippen molar-refractivity contribution in [1.82, 2.24) is 14.7 Å². The zero-order chi connectivity index (χ0) is 10.9. The molecule has 0 aliphatic heterocycles. The predicted molar refractivity (Wildman–Crippen MR) is 55.0 cm³/mol. The molecule has 5 nitrogen and oxygen atoms in total. The molecule has 15 heavy (non-hydrogen) atoms. The van der Waals surface area contributed by atoms with Gasteiger partial charge in [-0.2, -0.15) is 0 Å². The molecular formula is C8H10ClN3O2S. The Morgan fingerprint density at radius 1 is 1.33 bits per heavy atom. The molecule has 0 aromatic carbocycles. The minimum Gasteiger partial charge on any atom is -0.225 e. The van der Waals surface area contributed by atoms with E-state index in [0.717, 1.165) is 19.3 Å². The fourth-order valence-electron chi connectivity index (χ4n) is 1.25. The zero-order valence-corrected chi connectivity index (χ0v) is 9.42. The van der Waals surface area contributed by atoms with Gasteiger partial charge >= 0.3 is 0 Å². The van der Waals surface area contributed by atoms with Gasteiger partial charge in [-0.05, 0) is 24.4 Å². The van der Waals surface area contributed by atoms with E-state index in [1.165, 1.54) is 12.4 Å². The highest BCUT2D eigenvalue weighted by atomic mass is 35.5. The third-order valence-corrected chi connectivity index (χ3v) is 4.00. The van der Waals surface area contributed by atoms with E-state index in [1.807, 2.05) is 0 Å². The van der Waals surface area contributed by atoms with Crippen molar-refractivity contribution in [3.8, 4) is 0 Å². The first kappa shape index (κ1) is 10.8. The van der Waals surface area contributed by atoms with Gasteiger partial charge in [-0.15, -0.1) is 0 Å². The van der Waals surface area contributed by atoms with E-state index < -0.39 is 10.0 Å². The van der Waals surface area contributed by atoms with Gasteiger partial charge in [-0.25, -0.2) is 23.1 Å². The maximum atomic E-state index is 11.7. The summed E-state index contributed by atoms with van der Waals surface area (Å²) in [6, 6.07) is 0.0608. The summed E-state index contributed by atoms with van der Waals surface area (Å²) in [4.78, 5) is 7.32. The fraction of sp³-hybridized carbons (Fsp3) is 0.500. The largest absolute Gasteiger partial charge is 0.243 e. The van der Waals surface area contributed by atoms with Crippen LogP contribution in [0.5, 0.6) is 0 Å². The molecular weight excluding hydrogens is 238 g/mol. The lowest BCUT2D eigenvalue weighted by Gasteiger charge is -2.25. The minimum atomic E-state index is -3.47. The van der Waals surface area contributed by atoms with Gasteiger partial charge in [0.25, 0.3) is 0 Å². The molecule has 1 aromatic heterocycles. The maximum absolute atomic E-state index is 11.7. The lowest BCUT2D eigenvalue weighted by atomic mass is 9.94. The normalized spacial score (nSPS) is 17.4. The van der Waals surface area contributed by atoms with Crippen molar-refractivity contribution >= 4 is 21.6 Å². The van der Waals surface area contributed by atoms with Crippen molar-refractivity contribution in [3.63, 3.8) is 0 Å². The molecule has 1 saturated carbocycles. The number of hydrogen-bond donors (Lipinski definition) is 1. The van der Waals surface area contributed by atoms with Crippen LogP contribution in [0.2, 0.25) is 5.28 Å². The average molecular weight is 248 g/mol. The first-order valence-corrected chi connectivity index (χ1v) is 6.44. The second-order valence-electron chi connectivity index (χ2n) is 3.44. The highest BCUT2D eigenvalue weighted by Crippen LogP contribution is 2.20. The number of sulfonamides is 1. The third kappa shape index (κ3) is 2.45. The lowest BCUT2D eigenvalue weighted by molar-refractivity contribution is 0.383. The Morgan fingerprint density at radius 2 is 1.93 bits per heavy atom. The molecule has 1 aromatic rings. The van der Waals surface area contributed by atoms with Gasteiger partial charge in [-0.3, -0.25) is 0 Å². The molecule has 1 aliphatic rings. The summed E-state index contributed by atoms with van der Waals surface area (Å²) in [6.45, 7) is 0. The minimum absolute atomic E-state index is 0.0394. The first-order valence-electron chi connectivity index (χ1n) is 4.58. The van der Waals surface area contributed by atoms with E-state index in [0.29, 0.717) is 0 Å². The first-order chi connectivity index (χ1) is 7.08. The van der Waals surface area contributed by atoms with Crippen LogP contribution in [0, 0.1) is 0 Å². The zero-order valence-electron chi connectivity index (χ0n) is 7.85. The molecule has 2 rings (SSSR count). The van der Waals surface area contributed by atoms with Crippen molar-refractivity contribution in [3.05, 3.63) is 17.7 Å². The summed E-state index contributed by atoms with van der Waals surface area (Å²) in [5.74, 6) is 0. The van der Waals surface area contributed by atoms with Crippen LogP contribution < -0.4 is 4.72 Å². The van der Waals surface area contributed by atoms with E-state index in [9.17, 15) is 8.42 Å². The molecule has 1 N–H and O–H groups in total. The molecule has 0 atom stereocenters. The van der Waals surface area contributed by atoms with Crippen molar-refractivity contribution in [1.29, 1.82) is 0 Å². The Morgan fingerprint density at radius 3 is 2.40 bits per heavy atom. The second kappa shape index (κ2) is 4.03. The highest BCUT2D eigenvalue weighted by molar-refractivity contribution is 7.89. The van der Waals surface area contributed by atoms with Crippen LogP contribution in [0.15, 0.2) is 17.3 Å². The summed E-state index contributed by atoms with van der Waals surface area (Å²) < 4.78 is 26.0. The van der Waals surface area contributed by atoms with E-state index in [1.54, 1.807) is 0 Å².